The van der Waals surface area contributed by atoms with E-state index in [1.54, 1.807) is 18.7 Å². The van der Waals surface area contributed by atoms with Crippen LogP contribution < -0.4 is 5.32 Å². The second-order valence-corrected chi connectivity index (χ2v) is 5.15. The van der Waals surface area contributed by atoms with Crippen molar-refractivity contribution in [3.63, 3.8) is 0 Å². The van der Waals surface area contributed by atoms with Gasteiger partial charge in [-0.2, -0.15) is 0 Å². The number of carbonyl (C=O) groups excluding carboxylic acids is 1. The lowest BCUT2D eigenvalue weighted by molar-refractivity contribution is -0.140. The molecular weight excluding hydrogens is 248 g/mol. The fraction of sp³-hybridized carbons (Fsp3) is 0.846. The normalized spacial score (nSPS) is 18.4. The summed E-state index contributed by atoms with van der Waals surface area (Å²) in [4.78, 5) is 24.7. The minimum absolute atomic E-state index is 0.137. The summed E-state index contributed by atoms with van der Waals surface area (Å²) in [5, 5.41) is 11.6. The van der Waals surface area contributed by atoms with Crippen LogP contribution in [0.3, 0.4) is 0 Å². The molecule has 6 heteroatoms. The Morgan fingerprint density at radius 3 is 2.37 bits per heavy atom. The molecule has 0 radical (unpaired) electrons. The number of carbonyl (C=O) groups is 2. The number of rotatable bonds is 5. The molecule has 110 valence electrons. The van der Waals surface area contributed by atoms with Gasteiger partial charge >= 0.3 is 12.0 Å². The molecule has 6 nitrogen and oxygen atoms in total. The Hall–Kier alpha value is -1.30. The van der Waals surface area contributed by atoms with Crippen molar-refractivity contribution < 1.29 is 19.4 Å². The molecular formula is C13H24N2O4. The van der Waals surface area contributed by atoms with Crippen molar-refractivity contribution in [2.45, 2.75) is 45.8 Å². The maximum atomic E-state index is 12.0. The molecule has 0 aromatic carbocycles. The summed E-state index contributed by atoms with van der Waals surface area (Å²) >= 11 is 0. The summed E-state index contributed by atoms with van der Waals surface area (Å²) in [6.45, 7) is 7.42. The number of likely N-dealkylation sites (tertiary alicyclic amines) is 1. The molecule has 1 aliphatic rings. The van der Waals surface area contributed by atoms with E-state index in [9.17, 15) is 9.59 Å². The van der Waals surface area contributed by atoms with Crippen molar-refractivity contribution in [2.75, 3.05) is 19.7 Å². The SMILES string of the molecule is CCOC1CCN(C(=O)N[C@H](C(=O)O)C(C)C)CC1. The van der Waals surface area contributed by atoms with Gasteiger partial charge in [0.2, 0.25) is 0 Å². The lowest BCUT2D eigenvalue weighted by atomic mass is 10.0. The summed E-state index contributed by atoms with van der Waals surface area (Å²) in [6, 6.07) is -1.13. The largest absolute Gasteiger partial charge is 0.480 e. The number of ether oxygens (including phenoxy) is 1. The third-order valence-corrected chi connectivity index (χ3v) is 3.34. The minimum Gasteiger partial charge on any atom is -0.480 e. The molecule has 0 unspecified atom stereocenters. The van der Waals surface area contributed by atoms with E-state index in [-0.39, 0.29) is 18.1 Å². The Bertz CT molecular complexity index is 312. The molecule has 2 amide bonds. The van der Waals surface area contributed by atoms with Crippen LogP contribution in [0.2, 0.25) is 0 Å². The number of hydrogen-bond donors (Lipinski definition) is 2. The quantitative estimate of drug-likeness (QED) is 0.791. The van der Waals surface area contributed by atoms with Gasteiger partial charge in [0.05, 0.1) is 6.10 Å². The van der Waals surface area contributed by atoms with Crippen LogP contribution >= 0.6 is 0 Å². The predicted molar refractivity (Wildman–Crippen MR) is 71.0 cm³/mol. The van der Waals surface area contributed by atoms with Crippen LogP contribution in [0, 0.1) is 5.92 Å². The first kappa shape index (κ1) is 15.8. The maximum absolute atomic E-state index is 12.0. The Morgan fingerprint density at radius 2 is 1.95 bits per heavy atom. The van der Waals surface area contributed by atoms with E-state index < -0.39 is 12.0 Å². The van der Waals surface area contributed by atoms with Gasteiger partial charge in [-0.3, -0.25) is 0 Å². The summed E-state index contributed by atoms with van der Waals surface area (Å²) in [6.07, 6.45) is 1.83. The standard InChI is InChI=1S/C13H24N2O4/c1-4-19-10-5-7-15(8-6-10)13(18)14-11(9(2)3)12(16)17/h9-11H,4-8H2,1-3H3,(H,14,18)(H,16,17)/t11-/m0/s1. The number of carboxylic acid groups (broad SMARTS) is 1. The van der Waals surface area contributed by atoms with Crippen molar-refractivity contribution in [3.8, 4) is 0 Å². The Balaban J connectivity index is 2.44. The molecule has 0 aromatic heterocycles. The summed E-state index contributed by atoms with van der Waals surface area (Å²) in [7, 11) is 0. The third-order valence-electron chi connectivity index (χ3n) is 3.34. The lowest BCUT2D eigenvalue weighted by Gasteiger charge is -2.33. The fourth-order valence-corrected chi connectivity index (χ4v) is 2.20. The average Bonchev–Trinajstić information content (AvgIpc) is 2.36. The van der Waals surface area contributed by atoms with E-state index in [4.69, 9.17) is 9.84 Å². The molecule has 0 bridgehead atoms. The highest BCUT2D eigenvalue weighted by Crippen LogP contribution is 2.14. The van der Waals surface area contributed by atoms with Gasteiger partial charge in [0, 0.05) is 19.7 Å². The van der Waals surface area contributed by atoms with Crippen LogP contribution in [0.4, 0.5) is 4.79 Å². The number of nitrogens with one attached hydrogen (secondary N) is 1. The maximum Gasteiger partial charge on any atom is 0.326 e. The molecule has 1 saturated heterocycles. The highest BCUT2D eigenvalue weighted by atomic mass is 16.5. The second kappa shape index (κ2) is 7.33. The molecule has 0 saturated carbocycles. The van der Waals surface area contributed by atoms with Gasteiger partial charge in [-0.15, -0.1) is 0 Å². The van der Waals surface area contributed by atoms with E-state index in [2.05, 4.69) is 5.32 Å². The van der Waals surface area contributed by atoms with Crippen LogP contribution in [0.1, 0.15) is 33.6 Å². The van der Waals surface area contributed by atoms with Crippen molar-refractivity contribution >= 4 is 12.0 Å². The van der Waals surface area contributed by atoms with Gasteiger partial charge in [0.25, 0.3) is 0 Å². The number of piperidine rings is 1. The van der Waals surface area contributed by atoms with Gasteiger partial charge in [0.1, 0.15) is 6.04 Å². The Kier molecular flexibility index (Phi) is 6.08. The number of aliphatic carboxylic acids is 1. The Morgan fingerprint density at radius 1 is 1.37 bits per heavy atom. The lowest BCUT2D eigenvalue weighted by Crippen LogP contribution is -2.52. The van der Waals surface area contributed by atoms with Crippen LogP contribution in [-0.2, 0) is 9.53 Å². The van der Waals surface area contributed by atoms with E-state index in [0.29, 0.717) is 19.7 Å². The monoisotopic (exact) mass is 272 g/mol. The van der Waals surface area contributed by atoms with Crippen LogP contribution in [-0.4, -0.2) is 53.8 Å². The van der Waals surface area contributed by atoms with Crippen molar-refractivity contribution in [1.29, 1.82) is 0 Å². The van der Waals surface area contributed by atoms with Crippen molar-refractivity contribution in [2.24, 2.45) is 5.92 Å². The van der Waals surface area contributed by atoms with Gasteiger partial charge < -0.3 is 20.1 Å². The molecule has 1 aliphatic heterocycles. The van der Waals surface area contributed by atoms with Crippen molar-refractivity contribution in [1.82, 2.24) is 10.2 Å². The highest BCUT2D eigenvalue weighted by Gasteiger charge is 2.28. The number of hydrogen-bond acceptors (Lipinski definition) is 3. The number of amides is 2. The molecule has 1 atom stereocenters. The first-order valence-corrected chi connectivity index (χ1v) is 6.85. The molecule has 2 N–H and O–H groups in total. The minimum atomic E-state index is -0.993. The van der Waals surface area contributed by atoms with Gasteiger partial charge in [-0.1, -0.05) is 13.8 Å². The smallest absolute Gasteiger partial charge is 0.326 e. The fourth-order valence-electron chi connectivity index (χ4n) is 2.20. The zero-order chi connectivity index (χ0) is 14.4. The van der Waals surface area contributed by atoms with E-state index in [1.165, 1.54) is 0 Å². The number of nitrogens with zero attached hydrogens (tertiary/aromatic N) is 1. The molecule has 0 spiro atoms. The summed E-state index contributed by atoms with van der Waals surface area (Å²) in [5.74, 6) is -1.13. The molecule has 1 fully saturated rings. The topological polar surface area (TPSA) is 78.9 Å². The molecule has 1 heterocycles. The molecule has 0 aliphatic carbocycles. The predicted octanol–water partition coefficient (Wildman–Crippen LogP) is 1.31. The average molecular weight is 272 g/mol. The Labute approximate surface area is 114 Å². The zero-order valence-corrected chi connectivity index (χ0v) is 11.9. The van der Waals surface area contributed by atoms with Crippen LogP contribution in [0.15, 0.2) is 0 Å². The van der Waals surface area contributed by atoms with Gasteiger partial charge in [-0.05, 0) is 25.7 Å². The molecule has 19 heavy (non-hydrogen) atoms. The molecule has 1 rings (SSSR count). The van der Waals surface area contributed by atoms with Gasteiger partial charge in [-0.25, -0.2) is 9.59 Å². The number of urea groups is 1. The van der Waals surface area contributed by atoms with Crippen LogP contribution in [0.5, 0.6) is 0 Å². The zero-order valence-electron chi connectivity index (χ0n) is 11.9. The van der Waals surface area contributed by atoms with E-state index >= 15 is 0 Å². The summed E-state index contributed by atoms with van der Waals surface area (Å²) < 4.78 is 5.52. The second-order valence-electron chi connectivity index (χ2n) is 5.15. The van der Waals surface area contributed by atoms with Crippen LogP contribution in [0.25, 0.3) is 0 Å². The van der Waals surface area contributed by atoms with E-state index in [1.807, 2.05) is 6.92 Å². The molecule has 0 aromatic rings. The third kappa shape index (κ3) is 4.70. The highest BCUT2D eigenvalue weighted by molar-refractivity contribution is 5.82. The van der Waals surface area contributed by atoms with Gasteiger partial charge in [0.15, 0.2) is 0 Å². The number of carboxylic acids is 1. The summed E-state index contributed by atoms with van der Waals surface area (Å²) in [5.41, 5.74) is 0. The van der Waals surface area contributed by atoms with Crippen molar-refractivity contribution in [3.05, 3.63) is 0 Å². The first-order chi connectivity index (χ1) is 8.95. The first-order valence-electron chi connectivity index (χ1n) is 6.85. The van der Waals surface area contributed by atoms with E-state index in [0.717, 1.165) is 12.8 Å².